The van der Waals surface area contributed by atoms with E-state index in [0.29, 0.717) is 6.54 Å². The highest BCUT2D eigenvalue weighted by atomic mass is 32.2. The lowest BCUT2D eigenvalue weighted by Crippen LogP contribution is -2.24. The van der Waals surface area contributed by atoms with Crippen LogP contribution < -0.4 is 5.32 Å². The highest BCUT2D eigenvalue weighted by Gasteiger charge is 2.25. The van der Waals surface area contributed by atoms with E-state index in [1.54, 1.807) is 23.1 Å². The number of nitrogens with zero attached hydrogens (tertiary/aromatic N) is 1. The average molecular weight is 421 g/mol. The fraction of sp³-hybridized carbons (Fsp3) is 0.250. The zero-order valence-corrected chi connectivity index (χ0v) is 18.1. The highest BCUT2D eigenvalue weighted by molar-refractivity contribution is 7.98. The van der Waals surface area contributed by atoms with Crippen molar-refractivity contribution in [3.05, 3.63) is 81.7 Å². The molecule has 0 spiro atoms. The van der Waals surface area contributed by atoms with Gasteiger partial charge >= 0.3 is 0 Å². The predicted molar refractivity (Wildman–Crippen MR) is 124 cm³/mol. The summed E-state index contributed by atoms with van der Waals surface area (Å²) in [5.41, 5.74) is 4.13. The van der Waals surface area contributed by atoms with Crippen LogP contribution in [0, 0.1) is 0 Å². The van der Waals surface area contributed by atoms with Crippen LogP contribution in [-0.4, -0.2) is 18.4 Å². The fourth-order valence-corrected chi connectivity index (χ4v) is 5.21. The molecule has 148 valence electrons. The number of carbonyl (C=O) groups excluding carboxylic acids is 1. The topological polar surface area (TPSA) is 41.5 Å². The Morgan fingerprint density at radius 1 is 1.10 bits per heavy atom. The summed E-state index contributed by atoms with van der Waals surface area (Å²) < 4.78 is 0. The first kappa shape index (κ1) is 19.9. The van der Waals surface area contributed by atoms with Gasteiger partial charge in [-0.2, -0.15) is 0 Å². The maximum atomic E-state index is 13.1. The van der Waals surface area contributed by atoms with E-state index in [0.717, 1.165) is 41.0 Å². The number of carbonyl (C=O) groups is 1. The van der Waals surface area contributed by atoms with E-state index in [1.165, 1.54) is 21.8 Å². The molecular formula is C24H24N2OS2. The van der Waals surface area contributed by atoms with Crippen LogP contribution in [-0.2, 0) is 19.4 Å². The molecule has 3 aromatic rings. The van der Waals surface area contributed by atoms with Gasteiger partial charge < -0.3 is 5.32 Å². The molecule has 0 bridgehead atoms. The van der Waals surface area contributed by atoms with E-state index >= 15 is 0 Å². The first-order valence-corrected chi connectivity index (χ1v) is 11.9. The lowest BCUT2D eigenvalue weighted by Gasteiger charge is -2.12. The van der Waals surface area contributed by atoms with Gasteiger partial charge in [0.2, 0.25) is 0 Å². The van der Waals surface area contributed by atoms with Crippen LogP contribution in [0.15, 0.2) is 64.5 Å². The molecule has 3 nitrogen and oxygen atoms in total. The number of aliphatic imine (C=N–C) groups is 1. The Hall–Kier alpha value is -2.37. The maximum absolute atomic E-state index is 13.1. The molecule has 4 rings (SSSR count). The number of thioether (sulfide) groups is 1. The number of fused-ring (bicyclic) bond motifs is 1. The molecule has 0 saturated carbocycles. The number of thiophene rings is 1. The lowest BCUT2D eigenvalue weighted by atomic mass is 9.95. The van der Waals surface area contributed by atoms with Crippen LogP contribution in [0.1, 0.15) is 44.8 Å². The molecular weight excluding hydrogens is 396 g/mol. The second-order valence-electron chi connectivity index (χ2n) is 7.09. The van der Waals surface area contributed by atoms with Gasteiger partial charge in [-0.05, 0) is 60.8 Å². The van der Waals surface area contributed by atoms with E-state index in [2.05, 4.69) is 35.8 Å². The quantitative estimate of drug-likeness (QED) is 0.391. The largest absolute Gasteiger partial charge is 0.348 e. The number of amides is 1. The van der Waals surface area contributed by atoms with Crippen LogP contribution in [0.25, 0.3) is 0 Å². The summed E-state index contributed by atoms with van der Waals surface area (Å²) in [5.74, 6) is -0.0156. The molecule has 1 amide bonds. The fourth-order valence-electron chi connectivity index (χ4n) is 3.57. The molecule has 2 aromatic carbocycles. The van der Waals surface area contributed by atoms with Crippen LogP contribution in [0.4, 0.5) is 5.00 Å². The number of rotatable bonds is 6. The molecule has 5 heteroatoms. The van der Waals surface area contributed by atoms with Gasteiger partial charge in [0.1, 0.15) is 5.00 Å². The molecule has 1 aromatic heterocycles. The summed E-state index contributed by atoms with van der Waals surface area (Å²) in [4.78, 5) is 20.4. The van der Waals surface area contributed by atoms with Gasteiger partial charge in [0.15, 0.2) is 0 Å². The minimum Gasteiger partial charge on any atom is -0.348 e. The van der Waals surface area contributed by atoms with E-state index in [-0.39, 0.29) is 5.91 Å². The van der Waals surface area contributed by atoms with Gasteiger partial charge in [-0.1, -0.05) is 42.5 Å². The first-order chi connectivity index (χ1) is 14.2. The van der Waals surface area contributed by atoms with Crippen LogP contribution in [0.2, 0.25) is 0 Å². The summed E-state index contributed by atoms with van der Waals surface area (Å²) in [6.07, 6.45) is 8.30. The molecule has 1 N–H and O–H groups in total. The zero-order valence-electron chi connectivity index (χ0n) is 16.5. The Bertz CT molecular complexity index is 1010. The Balaban J connectivity index is 1.58. The van der Waals surface area contributed by atoms with Crippen LogP contribution >= 0.6 is 23.1 Å². The van der Waals surface area contributed by atoms with Crippen molar-refractivity contribution in [2.24, 2.45) is 4.99 Å². The highest BCUT2D eigenvalue weighted by Crippen LogP contribution is 2.39. The predicted octanol–water partition coefficient (Wildman–Crippen LogP) is 6.03. The summed E-state index contributed by atoms with van der Waals surface area (Å²) in [5, 5.41) is 3.93. The lowest BCUT2D eigenvalue weighted by molar-refractivity contribution is 0.0951. The van der Waals surface area contributed by atoms with Crippen molar-refractivity contribution < 1.29 is 4.79 Å². The van der Waals surface area contributed by atoms with E-state index in [1.807, 2.05) is 36.5 Å². The summed E-state index contributed by atoms with van der Waals surface area (Å²) in [6, 6.07) is 18.4. The van der Waals surface area contributed by atoms with Gasteiger partial charge in [0.05, 0.1) is 5.56 Å². The van der Waals surface area contributed by atoms with Crippen molar-refractivity contribution in [2.45, 2.75) is 37.1 Å². The minimum absolute atomic E-state index is 0.0156. The van der Waals surface area contributed by atoms with Crippen LogP contribution in [0.5, 0.6) is 0 Å². The van der Waals surface area contributed by atoms with Gasteiger partial charge in [-0.3, -0.25) is 4.79 Å². The van der Waals surface area contributed by atoms with Crippen molar-refractivity contribution in [1.82, 2.24) is 5.32 Å². The molecule has 0 fully saturated rings. The third kappa shape index (κ3) is 4.80. The maximum Gasteiger partial charge on any atom is 0.254 e. The van der Waals surface area contributed by atoms with Crippen molar-refractivity contribution in [3.8, 4) is 0 Å². The minimum atomic E-state index is -0.0156. The third-order valence-corrected chi connectivity index (χ3v) is 7.07. The molecule has 1 aliphatic rings. The van der Waals surface area contributed by atoms with Crippen molar-refractivity contribution >= 4 is 40.2 Å². The van der Waals surface area contributed by atoms with E-state index < -0.39 is 0 Å². The number of aryl methyl sites for hydroxylation is 1. The Morgan fingerprint density at radius 3 is 2.62 bits per heavy atom. The van der Waals surface area contributed by atoms with Crippen molar-refractivity contribution in [3.63, 3.8) is 0 Å². The Kier molecular flexibility index (Phi) is 6.47. The van der Waals surface area contributed by atoms with Gasteiger partial charge in [0.25, 0.3) is 5.91 Å². The second kappa shape index (κ2) is 9.42. The summed E-state index contributed by atoms with van der Waals surface area (Å²) in [7, 11) is 0. The number of hydrogen-bond acceptors (Lipinski definition) is 4. The Labute approximate surface area is 180 Å². The van der Waals surface area contributed by atoms with Gasteiger partial charge in [0, 0.05) is 22.5 Å². The monoisotopic (exact) mass is 420 g/mol. The molecule has 0 atom stereocenters. The molecule has 1 aliphatic carbocycles. The van der Waals surface area contributed by atoms with Crippen molar-refractivity contribution in [2.75, 3.05) is 6.26 Å². The van der Waals surface area contributed by atoms with Gasteiger partial charge in [-0.15, -0.1) is 23.1 Å². The molecule has 0 unspecified atom stereocenters. The second-order valence-corrected chi connectivity index (χ2v) is 9.05. The average Bonchev–Trinajstić information content (AvgIpc) is 3.15. The zero-order chi connectivity index (χ0) is 20.1. The third-order valence-electron chi connectivity index (χ3n) is 5.12. The SMILES string of the molecule is CSc1ccc(C=Nc2sc3c(c2C(=O)NCc2ccccc2)CCCC3)cc1. The Morgan fingerprint density at radius 2 is 1.86 bits per heavy atom. The normalized spacial score (nSPS) is 13.4. The van der Waals surface area contributed by atoms with E-state index in [9.17, 15) is 4.79 Å². The van der Waals surface area contributed by atoms with Gasteiger partial charge in [-0.25, -0.2) is 4.99 Å². The molecule has 0 saturated heterocycles. The van der Waals surface area contributed by atoms with Crippen LogP contribution in [0.3, 0.4) is 0 Å². The number of nitrogens with one attached hydrogen (secondary N) is 1. The molecule has 1 heterocycles. The standard InChI is InChI=1S/C24H24N2OS2/c1-28-19-13-11-18(12-14-19)16-26-24-22(20-9-5-6-10-21(20)29-24)23(27)25-15-17-7-3-2-4-8-17/h2-4,7-8,11-14,16H,5-6,9-10,15H2,1H3,(H,25,27). The summed E-state index contributed by atoms with van der Waals surface area (Å²) >= 11 is 3.40. The number of hydrogen-bond donors (Lipinski definition) is 1. The number of benzene rings is 2. The first-order valence-electron chi connectivity index (χ1n) is 9.89. The molecule has 29 heavy (non-hydrogen) atoms. The smallest absolute Gasteiger partial charge is 0.254 e. The van der Waals surface area contributed by atoms with E-state index in [4.69, 9.17) is 4.99 Å². The molecule has 0 radical (unpaired) electrons. The van der Waals surface area contributed by atoms with Crippen molar-refractivity contribution in [1.29, 1.82) is 0 Å². The summed E-state index contributed by atoms with van der Waals surface area (Å²) in [6.45, 7) is 0.531. The molecule has 0 aliphatic heterocycles.